The summed E-state index contributed by atoms with van der Waals surface area (Å²) in [5.74, 6) is -5.85. The number of H-pyrrole nitrogens is 1. The van der Waals surface area contributed by atoms with E-state index in [2.05, 4.69) is 14.3 Å². The molecule has 8 nitrogen and oxygen atoms in total. The van der Waals surface area contributed by atoms with E-state index in [1.54, 1.807) is 0 Å². The predicted molar refractivity (Wildman–Crippen MR) is 143 cm³/mol. The molecule has 3 heterocycles. The molecule has 222 valence electrons. The molecule has 0 radical (unpaired) electrons. The average molecular weight is 613 g/mol. The third-order valence-corrected chi connectivity index (χ3v) is 8.81. The topological polar surface area (TPSA) is 96.9 Å². The van der Waals surface area contributed by atoms with Gasteiger partial charge in [-0.3, -0.25) is 4.79 Å². The van der Waals surface area contributed by atoms with Crippen LogP contribution in [0.15, 0.2) is 51.8 Å². The van der Waals surface area contributed by atoms with E-state index >= 15 is 0 Å². The Morgan fingerprint density at radius 3 is 2.40 bits per heavy atom. The van der Waals surface area contributed by atoms with Crippen LogP contribution in [0.1, 0.15) is 5.56 Å². The summed E-state index contributed by atoms with van der Waals surface area (Å²) in [6.07, 6.45) is -3.84. The van der Waals surface area contributed by atoms with Crippen molar-refractivity contribution in [3.8, 4) is 28.5 Å². The molecule has 0 saturated carbocycles. The van der Waals surface area contributed by atoms with Gasteiger partial charge in [-0.25, -0.2) is 18.0 Å². The van der Waals surface area contributed by atoms with Crippen molar-refractivity contribution in [1.82, 2.24) is 14.9 Å². The molecule has 2 aromatic heterocycles. The molecule has 0 aliphatic carbocycles. The molecular formula is C27H22F6N4O4S. The Kier molecular flexibility index (Phi) is 7.66. The highest BCUT2D eigenvalue weighted by molar-refractivity contribution is 7.93. The number of aromatic nitrogens is 2. The lowest BCUT2D eigenvalue weighted by atomic mass is 10.0. The fourth-order valence-corrected chi connectivity index (χ4v) is 6.46. The van der Waals surface area contributed by atoms with Crippen LogP contribution in [0.3, 0.4) is 0 Å². The molecule has 15 heteroatoms. The Morgan fingerprint density at radius 2 is 1.74 bits per heavy atom. The summed E-state index contributed by atoms with van der Waals surface area (Å²) >= 11 is 0. The molecule has 1 saturated heterocycles. The normalized spacial score (nSPS) is 15.5. The van der Waals surface area contributed by atoms with E-state index in [1.165, 1.54) is 12.3 Å². The molecule has 2 aromatic carbocycles. The number of halogens is 6. The Balaban J connectivity index is 1.68. The highest BCUT2D eigenvalue weighted by atomic mass is 32.2. The van der Waals surface area contributed by atoms with Gasteiger partial charge in [0, 0.05) is 42.4 Å². The number of nitrogens with one attached hydrogen (secondary N) is 1. The predicted octanol–water partition coefficient (Wildman–Crippen LogP) is 5.87. The van der Waals surface area contributed by atoms with Crippen molar-refractivity contribution in [3.05, 3.63) is 75.8 Å². The van der Waals surface area contributed by atoms with E-state index in [4.69, 9.17) is 9.47 Å². The van der Waals surface area contributed by atoms with Gasteiger partial charge in [0.25, 0.3) is 0 Å². The summed E-state index contributed by atoms with van der Waals surface area (Å²) in [6, 6.07) is 4.80. The first-order valence-corrected chi connectivity index (χ1v) is 14.2. The van der Waals surface area contributed by atoms with E-state index in [0.29, 0.717) is 31.3 Å². The van der Waals surface area contributed by atoms with Crippen LogP contribution in [-0.4, -0.2) is 57.8 Å². The van der Waals surface area contributed by atoms with Crippen LogP contribution in [0.25, 0.3) is 22.2 Å². The number of aromatic amines is 1. The second-order valence-corrected chi connectivity index (χ2v) is 12.0. The molecule has 0 unspecified atom stereocenters. The van der Waals surface area contributed by atoms with Gasteiger partial charge >= 0.3 is 6.18 Å². The summed E-state index contributed by atoms with van der Waals surface area (Å²) in [6.45, 7) is 1.08. The number of fused-ring (bicyclic) bond motifs is 1. The standard InChI is InChI=1S/C27H22F6N4O4S/c1-37-7-9-42(39,10-8-37)36-26-23-18(5-6-34-26)35-19(13-20(23)38)14-11-17(29)15(27(31,32)33)12-22(14)41-21-4-3-16(28)24(30)25(21)40-2/h3-6,11-13H,7-10H2,1-2H3,(H,35,38). The molecule has 1 aliphatic rings. The van der Waals surface area contributed by atoms with Crippen molar-refractivity contribution in [2.24, 2.45) is 4.36 Å². The maximum atomic E-state index is 14.8. The van der Waals surface area contributed by atoms with E-state index < -0.39 is 61.6 Å². The lowest BCUT2D eigenvalue weighted by Crippen LogP contribution is -2.37. The van der Waals surface area contributed by atoms with Crippen molar-refractivity contribution < 1.29 is 40.0 Å². The van der Waals surface area contributed by atoms with Gasteiger partial charge < -0.3 is 19.4 Å². The second kappa shape index (κ2) is 10.9. The number of benzene rings is 2. The van der Waals surface area contributed by atoms with Gasteiger partial charge in [-0.2, -0.15) is 21.9 Å². The van der Waals surface area contributed by atoms with E-state index in [1.807, 2.05) is 11.9 Å². The number of hydrogen-bond donors (Lipinski definition) is 1. The number of hydrogen-bond acceptors (Lipinski definition) is 7. The minimum atomic E-state index is -5.14. The van der Waals surface area contributed by atoms with Crippen LogP contribution >= 0.6 is 0 Å². The molecule has 1 aliphatic heterocycles. The fraction of sp³-hybridized carbons (Fsp3) is 0.259. The van der Waals surface area contributed by atoms with Gasteiger partial charge in [0.2, 0.25) is 11.6 Å². The van der Waals surface area contributed by atoms with Crippen molar-refractivity contribution in [2.75, 3.05) is 38.8 Å². The van der Waals surface area contributed by atoms with Gasteiger partial charge in [-0.05, 0) is 37.4 Å². The second-order valence-electron chi connectivity index (χ2n) is 9.50. The first-order chi connectivity index (χ1) is 19.8. The minimum Gasteiger partial charge on any atom is -0.490 e. The molecule has 1 fully saturated rings. The molecule has 1 N–H and O–H groups in total. The third kappa shape index (κ3) is 5.66. The lowest BCUT2D eigenvalue weighted by molar-refractivity contribution is -0.140. The first-order valence-electron chi connectivity index (χ1n) is 12.3. The quantitative estimate of drug-likeness (QED) is 0.283. The first kappa shape index (κ1) is 29.4. The molecule has 0 bridgehead atoms. The maximum absolute atomic E-state index is 14.8. The molecule has 42 heavy (non-hydrogen) atoms. The molecule has 4 aromatic rings. The summed E-state index contributed by atoms with van der Waals surface area (Å²) < 4.78 is 112. The van der Waals surface area contributed by atoms with Gasteiger partial charge in [-0.15, -0.1) is 0 Å². The van der Waals surface area contributed by atoms with E-state index in [9.17, 15) is 35.3 Å². The number of ether oxygens (including phenoxy) is 2. The summed E-state index contributed by atoms with van der Waals surface area (Å²) in [5, 5.41) is -0.0278. The fourth-order valence-electron chi connectivity index (χ4n) is 4.43. The van der Waals surface area contributed by atoms with Gasteiger partial charge in [0.15, 0.2) is 22.8 Å². The van der Waals surface area contributed by atoms with Gasteiger partial charge in [0.1, 0.15) is 11.6 Å². The molecular weight excluding hydrogens is 590 g/mol. The molecule has 5 rings (SSSR count). The van der Waals surface area contributed by atoms with Crippen molar-refractivity contribution in [1.29, 1.82) is 0 Å². The maximum Gasteiger partial charge on any atom is 0.419 e. The zero-order valence-corrected chi connectivity index (χ0v) is 22.8. The number of nitrogens with zero attached hydrogens (tertiary/aromatic N) is 3. The summed E-state index contributed by atoms with van der Waals surface area (Å²) in [5.41, 5.74) is -2.78. The highest BCUT2D eigenvalue weighted by Gasteiger charge is 2.36. The minimum absolute atomic E-state index is 0.0278. The number of alkyl halides is 3. The zero-order chi connectivity index (χ0) is 30.4. The van der Waals surface area contributed by atoms with Crippen LogP contribution in [0.4, 0.5) is 32.2 Å². The van der Waals surface area contributed by atoms with Crippen LogP contribution in [0.2, 0.25) is 0 Å². The highest BCUT2D eigenvalue weighted by Crippen LogP contribution is 2.43. The van der Waals surface area contributed by atoms with Crippen LogP contribution < -0.4 is 14.9 Å². The molecule has 0 atom stereocenters. The monoisotopic (exact) mass is 612 g/mol. The smallest absolute Gasteiger partial charge is 0.419 e. The van der Waals surface area contributed by atoms with Crippen molar-refractivity contribution in [2.45, 2.75) is 6.18 Å². The van der Waals surface area contributed by atoms with Crippen LogP contribution in [-0.2, 0) is 15.9 Å². The Bertz CT molecular complexity index is 1870. The van der Waals surface area contributed by atoms with E-state index in [0.717, 1.165) is 19.2 Å². The Hall–Kier alpha value is -4.11. The lowest BCUT2D eigenvalue weighted by Gasteiger charge is -2.24. The Morgan fingerprint density at radius 1 is 1.02 bits per heavy atom. The SMILES string of the molecule is COc1c(Oc2cc(C(F)(F)F)c(F)cc2-c2cc(=O)c3c(N=S4(=O)CCN(C)CC4)nccc3[nH]2)ccc(F)c1F. The third-order valence-electron chi connectivity index (χ3n) is 6.66. The Labute approximate surface area is 235 Å². The summed E-state index contributed by atoms with van der Waals surface area (Å²) in [7, 11) is 0.172. The molecule has 0 amide bonds. The number of methoxy groups -OCH3 is 1. The van der Waals surface area contributed by atoms with Crippen molar-refractivity contribution >= 4 is 26.4 Å². The number of rotatable bonds is 5. The molecule has 0 spiro atoms. The van der Waals surface area contributed by atoms with E-state index in [-0.39, 0.29) is 39.5 Å². The van der Waals surface area contributed by atoms with Crippen molar-refractivity contribution in [3.63, 3.8) is 0 Å². The average Bonchev–Trinajstić information content (AvgIpc) is 2.92. The van der Waals surface area contributed by atoms with Crippen LogP contribution in [0.5, 0.6) is 17.2 Å². The largest absolute Gasteiger partial charge is 0.490 e. The van der Waals surface area contributed by atoms with Gasteiger partial charge in [-0.1, -0.05) is 0 Å². The summed E-state index contributed by atoms with van der Waals surface area (Å²) in [4.78, 5) is 22.3. The zero-order valence-electron chi connectivity index (χ0n) is 22.0. The van der Waals surface area contributed by atoms with Crippen LogP contribution in [0, 0.1) is 17.5 Å². The number of pyridine rings is 2. The van der Waals surface area contributed by atoms with Gasteiger partial charge in [0.05, 0.1) is 39.0 Å².